The number of hydrogen-bond acceptors (Lipinski definition) is 0. The third-order valence-corrected chi connectivity index (χ3v) is 6.04. The second-order valence-electron chi connectivity index (χ2n) is 7.72. The van der Waals surface area contributed by atoms with Crippen LogP contribution in [0.15, 0.2) is 91.0 Å². The summed E-state index contributed by atoms with van der Waals surface area (Å²) in [5.41, 5.74) is 8.75. The summed E-state index contributed by atoms with van der Waals surface area (Å²) in [5.74, 6) is 1.11. The van der Waals surface area contributed by atoms with Crippen molar-refractivity contribution in [1.82, 2.24) is 0 Å². The lowest BCUT2D eigenvalue weighted by atomic mass is 9.89. The molecule has 0 nitrogen and oxygen atoms in total. The van der Waals surface area contributed by atoms with Crippen LogP contribution in [0.25, 0.3) is 11.6 Å². The average Bonchev–Trinajstić information content (AvgIpc) is 3.29. The van der Waals surface area contributed by atoms with Crippen LogP contribution in [0, 0.1) is 0 Å². The monoisotopic (exact) mass is 348 g/mol. The van der Waals surface area contributed by atoms with Crippen molar-refractivity contribution in [3.8, 4) is 0 Å². The third-order valence-electron chi connectivity index (χ3n) is 6.04. The summed E-state index contributed by atoms with van der Waals surface area (Å²) in [6.07, 6.45) is 10.7. The van der Waals surface area contributed by atoms with E-state index in [-0.39, 0.29) is 0 Å². The zero-order valence-electron chi connectivity index (χ0n) is 15.5. The van der Waals surface area contributed by atoms with E-state index in [0.29, 0.717) is 11.8 Å². The van der Waals surface area contributed by atoms with Gasteiger partial charge in [-0.25, -0.2) is 0 Å². The Morgan fingerprint density at radius 3 is 2.22 bits per heavy atom. The lowest BCUT2D eigenvalue weighted by molar-refractivity contribution is 0.642. The van der Waals surface area contributed by atoms with E-state index in [2.05, 4.69) is 97.1 Å². The molecule has 0 heterocycles. The molecule has 2 unspecified atom stereocenters. The van der Waals surface area contributed by atoms with Gasteiger partial charge in [0, 0.05) is 11.8 Å². The minimum absolute atomic E-state index is 0.543. The molecule has 27 heavy (non-hydrogen) atoms. The first-order chi connectivity index (χ1) is 13.4. The molecule has 0 saturated carbocycles. The molecule has 0 amide bonds. The van der Waals surface area contributed by atoms with E-state index in [0.717, 1.165) is 6.42 Å². The number of allylic oxidation sites excluding steroid dienone is 3. The predicted molar refractivity (Wildman–Crippen MR) is 115 cm³/mol. The number of hydrogen-bond donors (Lipinski definition) is 0. The van der Waals surface area contributed by atoms with Crippen molar-refractivity contribution in [2.45, 2.75) is 31.1 Å². The van der Waals surface area contributed by atoms with E-state index >= 15 is 0 Å². The normalized spacial score (nSPS) is 19.6. The Morgan fingerprint density at radius 2 is 1.33 bits per heavy atom. The van der Waals surface area contributed by atoms with Crippen molar-refractivity contribution < 1.29 is 0 Å². The first kappa shape index (κ1) is 16.3. The smallest absolute Gasteiger partial charge is 0.00304 e. The highest BCUT2D eigenvalue weighted by atomic mass is 14.3. The van der Waals surface area contributed by atoms with Gasteiger partial charge >= 0.3 is 0 Å². The fraction of sp³-hybridized carbons (Fsp3) is 0.185. The second kappa shape index (κ2) is 7.04. The maximum atomic E-state index is 2.53. The largest absolute Gasteiger partial charge is 0.0764 e. The first-order valence-electron chi connectivity index (χ1n) is 9.99. The van der Waals surface area contributed by atoms with Gasteiger partial charge in [-0.05, 0) is 52.7 Å². The predicted octanol–water partition coefficient (Wildman–Crippen LogP) is 7.00. The molecule has 0 heteroatoms. The molecule has 0 spiro atoms. The van der Waals surface area contributed by atoms with Crippen molar-refractivity contribution in [3.63, 3.8) is 0 Å². The lowest BCUT2D eigenvalue weighted by Gasteiger charge is -2.15. The first-order valence-corrected chi connectivity index (χ1v) is 9.99. The van der Waals surface area contributed by atoms with Gasteiger partial charge in [-0.2, -0.15) is 0 Å². The maximum Gasteiger partial charge on any atom is 0.00304 e. The molecule has 0 aromatic heterocycles. The Hall–Kier alpha value is -2.86. The van der Waals surface area contributed by atoms with Crippen LogP contribution in [0.3, 0.4) is 0 Å². The van der Waals surface area contributed by atoms with Gasteiger partial charge in [0.25, 0.3) is 0 Å². The van der Waals surface area contributed by atoms with E-state index in [1.54, 1.807) is 0 Å². The molecule has 3 aromatic rings. The van der Waals surface area contributed by atoms with E-state index in [1.807, 2.05) is 0 Å². The van der Waals surface area contributed by atoms with Gasteiger partial charge in [-0.15, -0.1) is 0 Å². The van der Waals surface area contributed by atoms with Crippen molar-refractivity contribution in [1.29, 1.82) is 0 Å². The van der Waals surface area contributed by atoms with Crippen LogP contribution in [0.4, 0.5) is 0 Å². The van der Waals surface area contributed by atoms with Gasteiger partial charge in [0.15, 0.2) is 0 Å². The van der Waals surface area contributed by atoms with Gasteiger partial charge in [0.1, 0.15) is 0 Å². The van der Waals surface area contributed by atoms with Gasteiger partial charge in [0.05, 0.1) is 0 Å². The van der Waals surface area contributed by atoms with Gasteiger partial charge in [0.2, 0.25) is 0 Å². The minimum Gasteiger partial charge on any atom is -0.0764 e. The Bertz CT molecular complexity index is 1010. The van der Waals surface area contributed by atoms with Crippen LogP contribution in [-0.4, -0.2) is 0 Å². The zero-order chi connectivity index (χ0) is 18.1. The topological polar surface area (TPSA) is 0 Å². The van der Waals surface area contributed by atoms with Crippen LogP contribution in [0.1, 0.15) is 52.5 Å². The highest BCUT2D eigenvalue weighted by molar-refractivity contribution is 5.76. The minimum atomic E-state index is 0.543. The van der Waals surface area contributed by atoms with Crippen molar-refractivity contribution in [2.24, 2.45) is 0 Å². The Labute approximate surface area is 161 Å². The van der Waals surface area contributed by atoms with Crippen LogP contribution >= 0.6 is 0 Å². The van der Waals surface area contributed by atoms with Crippen LogP contribution in [0.2, 0.25) is 0 Å². The summed E-state index contributed by atoms with van der Waals surface area (Å²) in [6, 6.07) is 28.7. The Morgan fingerprint density at radius 1 is 0.630 bits per heavy atom. The van der Waals surface area contributed by atoms with Gasteiger partial charge in [-0.3, -0.25) is 0 Å². The molecule has 3 aromatic carbocycles. The fourth-order valence-corrected chi connectivity index (χ4v) is 4.68. The number of fused-ring (bicyclic) bond motifs is 2. The molecule has 0 fully saturated rings. The summed E-state index contributed by atoms with van der Waals surface area (Å²) in [6.45, 7) is 0. The van der Waals surface area contributed by atoms with E-state index in [4.69, 9.17) is 0 Å². The zero-order valence-corrected chi connectivity index (χ0v) is 15.5. The molecule has 2 aliphatic carbocycles. The number of benzene rings is 3. The highest BCUT2D eigenvalue weighted by Gasteiger charge is 2.25. The molecule has 0 bridgehead atoms. The quantitative estimate of drug-likeness (QED) is 0.465. The average molecular weight is 348 g/mol. The summed E-state index contributed by atoms with van der Waals surface area (Å²) >= 11 is 0. The summed E-state index contributed by atoms with van der Waals surface area (Å²) in [4.78, 5) is 0. The SMILES string of the molecule is C1=CC(CCC2C=C(Cc3ccccc3)c3ccccc32)c2ccccc21. The molecular formula is C27H24. The molecule has 0 N–H and O–H groups in total. The van der Waals surface area contributed by atoms with Crippen molar-refractivity contribution in [3.05, 3.63) is 119 Å². The molecule has 5 rings (SSSR count). The molecule has 0 aliphatic heterocycles. The van der Waals surface area contributed by atoms with Crippen LogP contribution in [0.5, 0.6) is 0 Å². The summed E-state index contributed by atoms with van der Waals surface area (Å²) in [7, 11) is 0. The van der Waals surface area contributed by atoms with E-state index in [1.165, 1.54) is 46.2 Å². The summed E-state index contributed by atoms with van der Waals surface area (Å²) < 4.78 is 0. The van der Waals surface area contributed by atoms with Gasteiger partial charge < -0.3 is 0 Å². The van der Waals surface area contributed by atoms with Crippen molar-refractivity contribution >= 4 is 11.6 Å². The highest BCUT2D eigenvalue weighted by Crippen LogP contribution is 2.42. The van der Waals surface area contributed by atoms with E-state index < -0.39 is 0 Å². The molecule has 2 atom stereocenters. The van der Waals surface area contributed by atoms with Crippen LogP contribution in [-0.2, 0) is 6.42 Å². The molecule has 2 aliphatic rings. The van der Waals surface area contributed by atoms with Crippen molar-refractivity contribution in [2.75, 3.05) is 0 Å². The Kier molecular flexibility index (Phi) is 4.26. The Balaban J connectivity index is 1.36. The fourth-order valence-electron chi connectivity index (χ4n) is 4.68. The van der Waals surface area contributed by atoms with E-state index in [9.17, 15) is 0 Å². The third kappa shape index (κ3) is 3.17. The molecule has 132 valence electrons. The second-order valence-corrected chi connectivity index (χ2v) is 7.72. The van der Waals surface area contributed by atoms with Gasteiger partial charge in [-0.1, -0.05) is 97.1 Å². The molecule has 0 radical (unpaired) electrons. The number of rotatable bonds is 5. The maximum absolute atomic E-state index is 2.53. The molecular weight excluding hydrogens is 324 g/mol. The molecule has 0 saturated heterocycles. The lowest BCUT2D eigenvalue weighted by Crippen LogP contribution is -1.98. The standard InChI is InChI=1S/C27H24/c1-2-8-20(9-3-1)18-24-19-23(26-12-6-7-13-27(24)26)17-16-22-15-14-21-10-4-5-11-25(21)22/h1-15,19,22-23H,16-18H2. The van der Waals surface area contributed by atoms with Crippen LogP contribution < -0.4 is 0 Å². The summed E-state index contributed by atoms with van der Waals surface area (Å²) in [5, 5.41) is 0.